The van der Waals surface area contributed by atoms with Crippen LogP contribution in [0.2, 0.25) is 0 Å². The van der Waals surface area contributed by atoms with Gasteiger partial charge in [0.1, 0.15) is 29.5 Å². The zero-order chi connectivity index (χ0) is 64.7. The number of nitrogens with two attached hydrogens (primary N) is 1. The number of carbonyl (C=O) groups excluding carboxylic acids is 5. The molecule has 4 heterocycles. The largest absolute Gasteiger partial charge is 0.505 e. The van der Waals surface area contributed by atoms with Crippen molar-refractivity contribution < 1.29 is 72.5 Å². The van der Waals surface area contributed by atoms with Gasteiger partial charge >= 0.3 is 17.8 Å². The summed E-state index contributed by atoms with van der Waals surface area (Å²) in [4.78, 5) is 77.0. The number of nitrogens with one attached hydrogen (secondary N) is 2. The number of benzene rings is 2. The lowest BCUT2D eigenvalue weighted by Gasteiger charge is -2.33. The molecule has 87 heavy (non-hydrogen) atoms. The summed E-state index contributed by atoms with van der Waals surface area (Å²) in [6.07, 6.45) is 13.4. The molecule has 4 amide bonds. The zero-order valence-corrected chi connectivity index (χ0v) is 52.4. The van der Waals surface area contributed by atoms with Crippen LogP contribution in [-0.2, 0) is 57.5 Å². The highest BCUT2D eigenvalue weighted by Crippen LogP contribution is 2.47. The number of hydrogen-bond donors (Lipinski definition) is 7. The Labute approximate surface area is 509 Å². The van der Waals surface area contributed by atoms with E-state index in [1.807, 2.05) is 66.7 Å². The standard InChI is InChI=1S/C33H45N3O8.C33H44N2O8/c1-8-12-36-27(37)17-43-25-16-24-30(39)23(28(25)36)13-18(2)14-26(42-7)29(38)21(5)15-22(6)31(44-33(34)41)19(3)10-9-11-20(4)32(40)35-24;1-9-13-35-28-24-14-18(2)15-27(41-8)29(37)21(5)16-22(6)31(42-23(7)36)19(3)11-10-12-20(4)32(39)34-25(30(24)38)17-26(28)43-33(35)40/h8-11,15-16,18-19,21,26,29,31,38-39H,1,12-14,17H2,2-7H3,(H2,34,41)(H,35,40);9-12,16-19,21,27,29,31,37-38H,1,13-15H2,2-8H3,(H,34,39)/b10-9-,20-11+,22-15+;11-10-,20-12+,22-16+/t18-,19+,21+,26+,29-,31-;18-,19+,21+,27+,29-,31-/m11/s1. The molecular weight excluding hydrogens is 1120 g/mol. The van der Waals surface area contributed by atoms with E-state index in [1.165, 1.54) is 42.7 Å². The van der Waals surface area contributed by atoms with E-state index in [2.05, 4.69) is 23.8 Å². The summed E-state index contributed by atoms with van der Waals surface area (Å²) in [6, 6.07) is 2.95. The average molecular weight is 1210 g/mol. The smallest absolute Gasteiger partial charge is 0.420 e. The van der Waals surface area contributed by atoms with Gasteiger partial charge in [-0.2, -0.15) is 0 Å². The number of fused-ring (bicyclic) bond motifs is 8. The van der Waals surface area contributed by atoms with Gasteiger partial charge in [-0.3, -0.25) is 23.7 Å². The van der Waals surface area contributed by atoms with Crippen molar-refractivity contribution >= 4 is 57.9 Å². The van der Waals surface area contributed by atoms with Gasteiger partial charge in [-0.1, -0.05) is 102 Å². The van der Waals surface area contributed by atoms with Crippen molar-refractivity contribution in [3.8, 4) is 17.2 Å². The van der Waals surface area contributed by atoms with Gasteiger partial charge in [0.05, 0.1) is 47.0 Å². The number of phenolic OH excluding ortho intramolecular Hbond substituents is 2. The molecule has 3 aliphatic heterocycles. The van der Waals surface area contributed by atoms with Crippen molar-refractivity contribution in [1.29, 1.82) is 0 Å². The molecule has 0 unspecified atom stereocenters. The average Bonchev–Trinajstić information content (AvgIpc) is 1.80. The second-order valence-electron chi connectivity index (χ2n) is 23.2. The van der Waals surface area contributed by atoms with Crippen molar-refractivity contribution in [1.82, 2.24) is 4.57 Å². The predicted molar refractivity (Wildman–Crippen MR) is 334 cm³/mol. The van der Waals surface area contributed by atoms with Gasteiger partial charge in [0.25, 0.3) is 17.7 Å². The lowest BCUT2D eigenvalue weighted by Crippen LogP contribution is -2.40. The molecule has 12 atom stereocenters. The van der Waals surface area contributed by atoms with Gasteiger partial charge in [-0.25, -0.2) is 9.59 Å². The molecular formula is C66H89N5O16. The molecule has 2 aromatic carbocycles. The molecule has 8 N–H and O–H groups in total. The third-order valence-corrected chi connectivity index (χ3v) is 15.9. The quantitative estimate of drug-likeness (QED) is 0.0627. The third kappa shape index (κ3) is 17.8. The number of ether oxygens (including phenoxy) is 5. The van der Waals surface area contributed by atoms with Crippen molar-refractivity contribution in [3.63, 3.8) is 0 Å². The Balaban J connectivity index is 0.000000317. The van der Waals surface area contributed by atoms with Gasteiger partial charge in [0.15, 0.2) is 12.2 Å². The Morgan fingerprint density at radius 1 is 0.713 bits per heavy atom. The number of phenols is 2. The second kappa shape index (κ2) is 31.6. The van der Waals surface area contributed by atoms with Gasteiger partial charge in [0.2, 0.25) is 0 Å². The van der Waals surface area contributed by atoms with E-state index in [9.17, 15) is 49.2 Å². The minimum Gasteiger partial charge on any atom is -0.505 e. The summed E-state index contributed by atoms with van der Waals surface area (Å²) in [5.74, 6) is -3.82. The first kappa shape index (κ1) is 69.8. The number of amides is 4. The highest BCUT2D eigenvalue weighted by atomic mass is 16.6. The number of hydrogen-bond acceptors (Lipinski definition) is 16. The number of primary amides is 1. The minimum absolute atomic E-state index is 0.105. The molecule has 0 spiro atoms. The van der Waals surface area contributed by atoms with Gasteiger partial charge < -0.3 is 69.8 Å². The molecule has 0 saturated heterocycles. The van der Waals surface area contributed by atoms with Crippen LogP contribution >= 0.6 is 0 Å². The van der Waals surface area contributed by atoms with Crippen LogP contribution in [0.4, 0.5) is 21.9 Å². The summed E-state index contributed by atoms with van der Waals surface area (Å²) in [7, 11) is 3.06. The topological polar surface area (TPSA) is 301 Å². The van der Waals surface area contributed by atoms with E-state index in [1.54, 1.807) is 63.3 Å². The van der Waals surface area contributed by atoms with Gasteiger partial charge in [-0.15, -0.1) is 13.2 Å². The molecule has 4 bridgehead atoms. The second-order valence-corrected chi connectivity index (χ2v) is 23.2. The lowest BCUT2D eigenvalue weighted by atomic mass is 9.87. The van der Waals surface area contributed by atoms with Crippen LogP contribution in [0, 0.1) is 35.5 Å². The number of aliphatic hydroxyl groups is 2. The van der Waals surface area contributed by atoms with Crippen LogP contribution in [0.1, 0.15) is 100 Å². The molecule has 21 heteroatoms. The van der Waals surface area contributed by atoms with Crippen LogP contribution in [-0.4, -0.2) is 119 Å². The number of aromatic hydroxyl groups is 2. The first-order chi connectivity index (χ1) is 41.1. The molecule has 1 aromatic heterocycles. The maximum Gasteiger partial charge on any atom is 0.420 e. The Bertz CT molecular complexity index is 3270. The number of carbonyl (C=O) groups is 5. The van der Waals surface area contributed by atoms with Crippen LogP contribution < -0.4 is 31.8 Å². The number of oxazole rings is 1. The maximum absolute atomic E-state index is 13.2. The Morgan fingerprint density at radius 2 is 1.18 bits per heavy atom. The van der Waals surface area contributed by atoms with E-state index < -0.39 is 66.3 Å². The Kier molecular flexibility index (Phi) is 25.3. The van der Waals surface area contributed by atoms with E-state index in [4.69, 9.17) is 33.8 Å². The summed E-state index contributed by atoms with van der Waals surface area (Å²) in [5.41, 5.74) is 9.71. The summed E-state index contributed by atoms with van der Waals surface area (Å²) in [6.45, 7) is 27.3. The van der Waals surface area contributed by atoms with Crippen LogP contribution in [0.5, 0.6) is 17.2 Å². The van der Waals surface area contributed by atoms with E-state index >= 15 is 0 Å². The van der Waals surface area contributed by atoms with E-state index in [-0.39, 0.29) is 96.0 Å². The normalized spacial score (nSPS) is 29.6. The third-order valence-electron chi connectivity index (χ3n) is 15.9. The SMILES string of the molecule is C=CCN1C(=O)COc2cc3c(O)c(c21)C[C@@H](C)C[C@H](OC)[C@H](O)[C@@H](C)/C=C(\C)[C@H](OC(N)=O)[C@@H](C)/C=C\C=C(/C)C(=O)N3.C=CCn1c(=O)oc2cc3c(O)c(c21)C[C@@H](C)C[C@H](OC)[C@H](O)[C@@H](C)/C=C(\C)[C@H](OC(C)=O)[C@@H](C)/C=C\C=C(/C)C(=O)N3. The molecule has 3 aromatic rings. The van der Waals surface area contributed by atoms with Crippen LogP contribution in [0.25, 0.3) is 11.1 Å². The van der Waals surface area contributed by atoms with E-state index in [0.717, 1.165) is 5.57 Å². The fraction of sp³-hybridized carbons (Fsp3) is 0.485. The fourth-order valence-electron chi connectivity index (χ4n) is 11.3. The highest BCUT2D eigenvalue weighted by molar-refractivity contribution is 6.07. The number of aliphatic hydroxyl groups excluding tert-OH is 2. The predicted octanol–water partition coefficient (Wildman–Crippen LogP) is 9.42. The Morgan fingerprint density at radius 3 is 1.66 bits per heavy atom. The summed E-state index contributed by atoms with van der Waals surface area (Å²) < 4.78 is 35.2. The highest BCUT2D eigenvalue weighted by Gasteiger charge is 2.35. The van der Waals surface area contributed by atoms with Crippen molar-refractivity contribution in [2.24, 2.45) is 41.2 Å². The maximum atomic E-state index is 13.2. The molecule has 21 nitrogen and oxygen atoms in total. The lowest BCUT2D eigenvalue weighted by molar-refractivity contribution is -0.146. The van der Waals surface area contributed by atoms with Crippen molar-refractivity contribution in [3.05, 3.63) is 130 Å². The van der Waals surface area contributed by atoms with Gasteiger partial charge in [0, 0.05) is 92.3 Å². The number of methoxy groups -OCH3 is 2. The number of nitrogens with zero attached hydrogens (tertiary/aromatic N) is 2. The Hall–Kier alpha value is -7.98. The van der Waals surface area contributed by atoms with Crippen LogP contribution in [0.3, 0.4) is 0 Å². The molecule has 0 saturated carbocycles. The van der Waals surface area contributed by atoms with Gasteiger partial charge in [-0.05, 0) is 76.4 Å². The van der Waals surface area contributed by atoms with Crippen molar-refractivity contribution in [2.45, 2.75) is 145 Å². The molecule has 0 fully saturated rings. The molecule has 474 valence electrons. The monoisotopic (exact) mass is 1210 g/mol. The number of aromatic nitrogens is 1. The first-order valence-electron chi connectivity index (χ1n) is 29.2. The first-order valence-corrected chi connectivity index (χ1v) is 29.2. The molecule has 3 aliphatic rings. The van der Waals surface area contributed by atoms with Crippen LogP contribution in [0.15, 0.2) is 118 Å². The minimum atomic E-state index is -0.925. The van der Waals surface area contributed by atoms with E-state index in [0.29, 0.717) is 64.1 Å². The summed E-state index contributed by atoms with van der Waals surface area (Å²) in [5, 5.41) is 51.1. The number of allylic oxidation sites excluding steroid dienone is 5. The zero-order valence-electron chi connectivity index (χ0n) is 52.4. The molecule has 6 rings (SSSR count). The summed E-state index contributed by atoms with van der Waals surface area (Å²) >= 11 is 0. The number of anilines is 3. The van der Waals surface area contributed by atoms with Crippen molar-refractivity contribution in [2.75, 3.05) is 42.9 Å². The fourth-order valence-corrected chi connectivity index (χ4v) is 11.3. The molecule has 0 radical (unpaired) electrons. The number of esters is 1. The molecule has 0 aliphatic carbocycles. The number of rotatable bonds is 8.